The number of morpholine rings is 1. The molecule has 0 radical (unpaired) electrons. The Morgan fingerprint density at radius 1 is 1.11 bits per heavy atom. The van der Waals surface area contributed by atoms with Gasteiger partial charge in [-0.25, -0.2) is 8.42 Å². The first-order valence-corrected chi connectivity index (χ1v) is 13.8. The summed E-state index contributed by atoms with van der Waals surface area (Å²) in [5, 5.41) is 5.43. The molecule has 4 N–H and O–H groups in total. The number of nitrogens with one attached hydrogen (secondary N) is 2. The third kappa shape index (κ3) is 5.77. The lowest BCUT2D eigenvalue weighted by atomic mass is 10.1. The van der Waals surface area contributed by atoms with Crippen LogP contribution in [0.2, 0.25) is 5.02 Å². The molecule has 0 atom stereocenters. The van der Waals surface area contributed by atoms with Gasteiger partial charge < -0.3 is 30.7 Å². The lowest BCUT2D eigenvalue weighted by Gasteiger charge is -2.27. The molecule has 0 unspecified atom stereocenters. The summed E-state index contributed by atoms with van der Waals surface area (Å²) in [4.78, 5) is 23.3. The SMILES string of the molecule is COc1cc(C(=O)N2CCOCC2)ccc1Nc1nc(N)c(Cl)c(Nc2ccccc2S(=O)(=O)C(C)C)n1. The quantitative estimate of drug-likeness (QED) is 0.370. The molecule has 1 saturated heterocycles. The minimum atomic E-state index is -3.59. The lowest BCUT2D eigenvalue weighted by molar-refractivity contribution is 0.0302. The maximum atomic E-state index is 12.9. The molecule has 1 aromatic heterocycles. The van der Waals surface area contributed by atoms with Crippen LogP contribution in [0.15, 0.2) is 47.4 Å². The van der Waals surface area contributed by atoms with Crippen molar-refractivity contribution in [3.05, 3.63) is 53.1 Å². The second-order valence-corrected chi connectivity index (χ2v) is 11.6. The Morgan fingerprint density at radius 3 is 2.50 bits per heavy atom. The number of sulfone groups is 1. The first-order chi connectivity index (χ1) is 18.1. The Kier molecular flexibility index (Phi) is 8.24. The van der Waals surface area contributed by atoms with Gasteiger partial charge in [0.1, 0.15) is 16.6 Å². The minimum absolute atomic E-state index is 0.0195. The molecule has 13 heteroatoms. The van der Waals surface area contributed by atoms with Crippen molar-refractivity contribution in [1.82, 2.24) is 14.9 Å². The van der Waals surface area contributed by atoms with Crippen LogP contribution in [0, 0.1) is 0 Å². The second kappa shape index (κ2) is 11.4. The molecule has 202 valence electrons. The normalized spacial score (nSPS) is 13.9. The molecule has 2 aromatic carbocycles. The fourth-order valence-electron chi connectivity index (χ4n) is 3.80. The van der Waals surface area contributed by atoms with Crippen molar-refractivity contribution in [3.8, 4) is 5.75 Å². The van der Waals surface area contributed by atoms with Crippen LogP contribution in [-0.2, 0) is 14.6 Å². The standard InChI is InChI=1S/C25H29ClN6O5S/c1-15(2)38(34,35)20-7-5-4-6-18(20)28-23-21(26)22(27)30-25(31-23)29-17-9-8-16(14-19(17)36-3)24(33)32-10-12-37-13-11-32/h4-9,14-15H,10-13H2,1-3H3,(H4,27,28,29,30,31). The molecule has 1 amide bonds. The van der Waals surface area contributed by atoms with Gasteiger partial charge in [-0.1, -0.05) is 23.7 Å². The average Bonchev–Trinajstić information content (AvgIpc) is 2.92. The van der Waals surface area contributed by atoms with E-state index in [-0.39, 0.29) is 33.4 Å². The summed E-state index contributed by atoms with van der Waals surface area (Å²) in [7, 11) is -2.10. The van der Waals surface area contributed by atoms with Gasteiger partial charge in [0.05, 0.1) is 41.8 Å². The molecule has 4 rings (SSSR count). The van der Waals surface area contributed by atoms with Crippen molar-refractivity contribution in [2.24, 2.45) is 0 Å². The third-order valence-electron chi connectivity index (χ3n) is 5.94. The fraction of sp³-hybridized carbons (Fsp3) is 0.320. The Labute approximate surface area is 226 Å². The summed E-state index contributed by atoms with van der Waals surface area (Å²) < 4.78 is 36.5. The van der Waals surface area contributed by atoms with E-state index in [1.807, 2.05) is 0 Å². The van der Waals surface area contributed by atoms with Crippen molar-refractivity contribution in [1.29, 1.82) is 0 Å². The van der Waals surface area contributed by atoms with Gasteiger partial charge in [-0.15, -0.1) is 0 Å². The smallest absolute Gasteiger partial charge is 0.254 e. The lowest BCUT2D eigenvalue weighted by Crippen LogP contribution is -2.40. The number of para-hydroxylation sites is 1. The summed E-state index contributed by atoms with van der Waals surface area (Å²) in [6.07, 6.45) is 0. The minimum Gasteiger partial charge on any atom is -0.495 e. The molecule has 3 aromatic rings. The second-order valence-electron chi connectivity index (χ2n) is 8.75. The van der Waals surface area contributed by atoms with Crippen LogP contribution in [0.4, 0.5) is 29.0 Å². The molecular weight excluding hydrogens is 532 g/mol. The zero-order valence-corrected chi connectivity index (χ0v) is 22.8. The first kappa shape index (κ1) is 27.4. The average molecular weight is 561 g/mol. The highest BCUT2D eigenvalue weighted by molar-refractivity contribution is 7.92. The summed E-state index contributed by atoms with van der Waals surface area (Å²) in [5.74, 6) is 0.458. The molecule has 0 aliphatic carbocycles. The van der Waals surface area contributed by atoms with E-state index >= 15 is 0 Å². The number of amides is 1. The Balaban J connectivity index is 1.62. The van der Waals surface area contributed by atoms with Crippen LogP contribution >= 0.6 is 11.6 Å². The van der Waals surface area contributed by atoms with Gasteiger partial charge in [0.15, 0.2) is 15.7 Å². The van der Waals surface area contributed by atoms with Crippen LogP contribution < -0.4 is 21.1 Å². The number of aromatic nitrogens is 2. The van der Waals surface area contributed by atoms with E-state index in [9.17, 15) is 13.2 Å². The number of rotatable bonds is 8. The van der Waals surface area contributed by atoms with E-state index in [0.717, 1.165) is 0 Å². The van der Waals surface area contributed by atoms with E-state index in [2.05, 4.69) is 20.6 Å². The highest BCUT2D eigenvalue weighted by atomic mass is 35.5. The van der Waals surface area contributed by atoms with Gasteiger partial charge in [-0.05, 0) is 44.2 Å². The van der Waals surface area contributed by atoms with Gasteiger partial charge in [0.2, 0.25) is 5.95 Å². The number of carbonyl (C=O) groups is 1. The number of nitrogens with two attached hydrogens (primary N) is 1. The zero-order chi connectivity index (χ0) is 27.4. The molecule has 1 aliphatic rings. The van der Waals surface area contributed by atoms with Gasteiger partial charge in [0.25, 0.3) is 5.91 Å². The van der Waals surface area contributed by atoms with Crippen LogP contribution in [0.25, 0.3) is 0 Å². The maximum Gasteiger partial charge on any atom is 0.254 e. The predicted molar refractivity (Wildman–Crippen MR) is 147 cm³/mol. The van der Waals surface area contributed by atoms with E-state index in [4.69, 9.17) is 26.8 Å². The number of halogens is 1. The first-order valence-electron chi connectivity index (χ1n) is 11.9. The highest BCUT2D eigenvalue weighted by Crippen LogP contribution is 2.34. The van der Waals surface area contributed by atoms with Crippen LogP contribution in [0.3, 0.4) is 0 Å². The summed E-state index contributed by atoms with van der Waals surface area (Å²) >= 11 is 6.37. The molecular formula is C25H29ClN6O5S. The number of nitrogen functional groups attached to an aromatic ring is 1. The molecule has 0 bridgehead atoms. The molecule has 2 heterocycles. The molecule has 38 heavy (non-hydrogen) atoms. The molecule has 1 fully saturated rings. The summed E-state index contributed by atoms with van der Waals surface area (Å²) in [5.41, 5.74) is 7.30. The predicted octanol–water partition coefficient (Wildman–Crippen LogP) is 3.86. The Hall–Kier alpha value is -3.61. The summed E-state index contributed by atoms with van der Waals surface area (Å²) in [6, 6.07) is 11.5. The van der Waals surface area contributed by atoms with Crippen molar-refractivity contribution in [2.45, 2.75) is 24.0 Å². The van der Waals surface area contributed by atoms with Crippen molar-refractivity contribution in [3.63, 3.8) is 0 Å². The summed E-state index contributed by atoms with van der Waals surface area (Å²) in [6.45, 7) is 5.27. The number of benzene rings is 2. The molecule has 11 nitrogen and oxygen atoms in total. The van der Waals surface area contributed by atoms with E-state index < -0.39 is 15.1 Å². The van der Waals surface area contributed by atoms with E-state index in [1.165, 1.54) is 13.2 Å². The van der Waals surface area contributed by atoms with Gasteiger partial charge in [0, 0.05) is 18.7 Å². The van der Waals surface area contributed by atoms with Crippen LogP contribution in [-0.4, -0.2) is 67.9 Å². The van der Waals surface area contributed by atoms with Crippen molar-refractivity contribution < 1.29 is 22.7 Å². The third-order valence-corrected chi connectivity index (χ3v) is 8.52. The molecule has 0 spiro atoms. The number of methoxy groups -OCH3 is 1. The van der Waals surface area contributed by atoms with Gasteiger partial charge in [-0.3, -0.25) is 4.79 Å². The highest BCUT2D eigenvalue weighted by Gasteiger charge is 2.24. The number of anilines is 5. The van der Waals surface area contributed by atoms with Crippen LogP contribution in [0.5, 0.6) is 5.75 Å². The fourth-order valence-corrected chi connectivity index (χ4v) is 5.13. The Bertz CT molecular complexity index is 1440. The largest absolute Gasteiger partial charge is 0.495 e. The molecule has 0 saturated carbocycles. The number of nitrogens with zero attached hydrogens (tertiary/aromatic N) is 3. The monoisotopic (exact) mass is 560 g/mol. The maximum absolute atomic E-state index is 12.9. The zero-order valence-electron chi connectivity index (χ0n) is 21.2. The Morgan fingerprint density at radius 2 is 1.82 bits per heavy atom. The number of ether oxygens (including phenoxy) is 2. The van der Waals surface area contributed by atoms with E-state index in [1.54, 1.807) is 55.1 Å². The molecule has 1 aliphatic heterocycles. The number of carbonyl (C=O) groups excluding carboxylic acids is 1. The van der Waals surface area contributed by atoms with Gasteiger partial charge in [-0.2, -0.15) is 9.97 Å². The van der Waals surface area contributed by atoms with Crippen molar-refractivity contribution >= 4 is 56.3 Å². The number of hydrogen-bond acceptors (Lipinski definition) is 10. The van der Waals surface area contributed by atoms with Crippen LogP contribution in [0.1, 0.15) is 24.2 Å². The topological polar surface area (TPSA) is 149 Å². The van der Waals surface area contributed by atoms with E-state index in [0.29, 0.717) is 49.0 Å². The van der Waals surface area contributed by atoms with Gasteiger partial charge >= 0.3 is 0 Å². The number of hydrogen-bond donors (Lipinski definition) is 3. The van der Waals surface area contributed by atoms with Crippen molar-refractivity contribution in [2.75, 3.05) is 49.8 Å².